The van der Waals surface area contributed by atoms with Crippen LogP contribution in [0.5, 0.6) is 5.75 Å². The Morgan fingerprint density at radius 3 is 2.55 bits per heavy atom. The van der Waals surface area contributed by atoms with E-state index < -0.39 is 0 Å². The number of amides is 1. The topological polar surface area (TPSA) is 75.0 Å². The minimum absolute atomic E-state index is 0.0499. The Balaban J connectivity index is 1.35. The average molecular weight is 450 g/mol. The second-order valence-electron chi connectivity index (χ2n) is 8.58. The molecule has 1 aliphatic heterocycles. The van der Waals surface area contributed by atoms with Crippen molar-refractivity contribution in [2.24, 2.45) is 0 Å². The maximum absolute atomic E-state index is 12.6. The standard InChI is InChI=1S/C26H31N3O4/c1-4-19-6-8-23-21(14-19)20(15-26(31)33-23)16-28-9-11-29(12-10-28)17-25(30)27-22-13-18(2)5-7-24(22)32-3/h5-8,13-15H,4,9-12,16-17H2,1-3H3,(H,27,30). The van der Waals surface area contributed by atoms with Gasteiger partial charge in [-0.3, -0.25) is 14.6 Å². The third-order valence-corrected chi connectivity index (χ3v) is 6.16. The predicted molar refractivity (Wildman–Crippen MR) is 130 cm³/mol. The van der Waals surface area contributed by atoms with Crippen molar-refractivity contribution in [3.8, 4) is 5.75 Å². The van der Waals surface area contributed by atoms with Crippen molar-refractivity contribution in [3.05, 3.63) is 69.6 Å². The number of benzene rings is 2. The van der Waals surface area contributed by atoms with E-state index in [9.17, 15) is 9.59 Å². The monoisotopic (exact) mass is 449 g/mol. The van der Waals surface area contributed by atoms with Gasteiger partial charge in [0.25, 0.3) is 0 Å². The maximum atomic E-state index is 12.6. The van der Waals surface area contributed by atoms with Gasteiger partial charge in [-0.15, -0.1) is 0 Å². The summed E-state index contributed by atoms with van der Waals surface area (Å²) < 4.78 is 10.7. The van der Waals surface area contributed by atoms with Gasteiger partial charge in [0.15, 0.2) is 0 Å². The largest absolute Gasteiger partial charge is 0.495 e. The second-order valence-corrected chi connectivity index (χ2v) is 8.58. The smallest absolute Gasteiger partial charge is 0.336 e. The van der Waals surface area contributed by atoms with Crippen LogP contribution >= 0.6 is 0 Å². The molecule has 1 fully saturated rings. The van der Waals surface area contributed by atoms with Crippen molar-refractivity contribution in [1.29, 1.82) is 0 Å². The van der Waals surface area contributed by atoms with Crippen molar-refractivity contribution >= 4 is 22.6 Å². The van der Waals surface area contributed by atoms with Crippen molar-refractivity contribution in [3.63, 3.8) is 0 Å². The number of piperazine rings is 1. The fraction of sp³-hybridized carbons (Fsp3) is 0.385. The van der Waals surface area contributed by atoms with Crippen LogP contribution in [-0.4, -0.2) is 55.5 Å². The molecule has 1 aromatic heterocycles. The molecule has 1 saturated heterocycles. The lowest BCUT2D eigenvalue weighted by molar-refractivity contribution is -0.117. The SMILES string of the molecule is CCc1ccc2oc(=O)cc(CN3CCN(CC(=O)Nc4cc(C)ccc4OC)CC3)c2c1. The number of methoxy groups -OCH3 is 1. The van der Waals surface area contributed by atoms with Gasteiger partial charge in [0.2, 0.25) is 5.91 Å². The van der Waals surface area contributed by atoms with Crippen LogP contribution in [0.25, 0.3) is 11.0 Å². The van der Waals surface area contributed by atoms with E-state index in [-0.39, 0.29) is 11.5 Å². The number of ether oxygens (including phenoxy) is 1. The average Bonchev–Trinajstić information content (AvgIpc) is 2.80. The molecule has 4 rings (SSSR count). The van der Waals surface area contributed by atoms with Crippen molar-refractivity contribution in [1.82, 2.24) is 9.80 Å². The molecule has 1 N–H and O–H groups in total. The van der Waals surface area contributed by atoms with E-state index in [1.807, 2.05) is 37.3 Å². The number of nitrogens with one attached hydrogen (secondary N) is 1. The highest BCUT2D eigenvalue weighted by Gasteiger charge is 2.21. The third kappa shape index (κ3) is 5.61. The van der Waals surface area contributed by atoms with Gasteiger partial charge in [0, 0.05) is 44.2 Å². The summed E-state index contributed by atoms with van der Waals surface area (Å²) in [5, 5.41) is 3.98. The lowest BCUT2D eigenvalue weighted by Crippen LogP contribution is -2.48. The Morgan fingerprint density at radius 1 is 1.06 bits per heavy atom. The molecule has 2 heterocycles. The molecule has 3 aromatic rings. The Bertz CT molecular complexity index is 1200. The summed E-state index contributed by atoms with van der Waals surface area (Å²) in [6, 6.07) is 13.4. The van der Waals surface area contributed by atoms with Crippen LogP contribution in [0.3, 0.4) is 0 Å². The van der Waals surface area contributed by atoms with Crippen LogP contribution in [0.2, 0.25) is 0 Å². The van der Waals surface area contributed by atoms with Gasteiger partial charge in [0.05, 0.1) is 19.3 Å². The zero-order chi connectivity index (χ0) is 23.4. The van der Waals surface area contributed by atoms with Crippen LogP contribution in [0.4, 0.5) is 5.69 Å². The first kappa shape index (κ1) is 23.0. The normalized spacial score (nSPS) is 15.0. The van der Waals surface area contributed by atoms with Gasteiger partial charge in [-0.2, -0.15) is 0 Å². The van der Waals surface area contributed by atoms with Crippen molar-refractivity contribution in [2.75, 3.05) is 45.2 Å². The number of carbonyl (C=O) groups excluding carboxylic acids is 1. The highest BCUT2D eigenvalue weighted by atomic mass is 16.5. The van der Waals surface area contributed by atoms with Crippen molar-refractivity contribution < 1.29 is 13.9 Å². The van der Waals surface area contributed by atoms with Crippen LogP contribution < -0.4 is 15.7 Å². The molecule has 0 atom stereocenters. The van der Waals surface area contributed by atoms with Crippen LogP contribution in [0.15, 0.2) is 51.7 Å². The Morgan fingerprint density at radius 2 is 1.82 bits per heavy atom. The number of carbonyl (C=O) groups is 1. The molecule has 0 unspecified atom stereocenters. The highest BCUT2D eigenvalue weighted by molar-refractivity contribution is 5.93. The molecule has 2 aromatic carbocycles. The zero-order valence-electron chi connectivity index (χ0n) is 19.5. The number of rotatable bonds is 7. The van der Waals surface area contributed by atoms with Crippen LogP contribution in [0.1, 0.15) is 23.6 Å². The second kappa shape index (κ2) is 10.2. The minimum atomic E-state index is -0.316. The van der Waals surface area contributed by atoms with E-state index in [4.69, 9.17) is 9.15 Å². The maximum Gasteiger partial charge on any atom is 0.336 e. The number of nitrogens with zero attached hydrogens (tertiary/aromatic N) is 2. The zero-order valence-corrected chi connectivity index (χ0v) is 19.5. The molecule has 0 saturated carbocycles. The molecule has 174 valence electrons. The Kier molecular flexibility index (Phi) is 7.11. The molecule has 1 aliphatic rings. The molecular weight excluding hydrogens is 418 g/mol. The molecule has 0 spiro atoms. The summed E-state index contributed by atoms with van der Waals surface area (Å²) in [7, 11) is 1.60. The number of aryl methyl sites for hydroxylation is 2. The van der Waals surface area contributed by atoms with Gasteiger partial charge in [-0.25, -0.2) is 4.79 Å². The molecule has 33 heavy (non-hydrogen) atoms. The molecule has 0 bridgehead atoms. The van der Waals surface area contributed by atoms with Gasteiger partial charge in [-0.05, 0) is 54.3 Å². The minimum Gasteiger partial charge on any atom is -0.495 e. The first-order chi connectivity index (χ1) is 15.9. The van der Waals surface area contributed by atoms with Gasteiger partial charge < -0.3 is 14.5 Å². The molecule has 7 nitrogen and oxygen atoms in total. The molecule has 7 heteroatoms. The lowest BCUT2D eigenvalue weighted by Gasteiger charge is -2.34. The fourth-order valence-electron chi connectivity index (χ4n) is 4.28. The lowest BCUT2D eigenvalue weighted by atomic mass is 10.0. The predicted octanol–water partition coefficient (Wildman–Crippen LogP) is 3.43. The van der Waals surface area contributed by atoms with Crippen LogP contribution in [-0.2, 0) is 17.8 Å². The molecular formula is C26H31N3O4. The quantitative estimate of drug-likeness (QED) is 0.557. The molecule has 1 amide bonds. The van der Waals surface area contributed by atoms with Gasteiger partial charge in [-0.1, -0.05) is 19.1 Å². The summed E-state index contributed by atoms with van der Waals surface area (Å²) in [4.78, 5) is 29.1. The number of anilines is 1. The highest BCUT2D eigenvalue weighted by Crippen LogP contribution is 2.25. The molecule has 0 aliphatic carbocycles. The third-order valence-electron chi connectivity index (χ3n) is 6.16. The summed E-state index contributed by atoms with van der Waals surface area (Å²) in [6.07, 6.45) is 0.934. The van der Waals surface area contributed by atoms with Gasteiger partial charge in [0.1, 0.15) is 11.3 Å². The Labute approximate surface area is 193 Å². The molecule has 0 radical (unpaired) electrons. The Hall–Kier alpha value is -3.16. The summed E-state index contributed by atoms with van der Waals surface area (Å²) in [6.45, 7) is 8.36. The van der Waals surface area contributed by atoms with E-state index in [0.717, 1.165) is 49.1 Å². The number of fused-ring (bicyclic) bond motifs is 1. The van der Waals surface area contributed by atoms with E-state index in [2.05, 4.69) is 28.1 Å². The van der Waals surface area contributed by atoms with E-state index in [0.29, 0.717) is 30.1 Å². The first-order valence-electron chi connectivity index (χ1n) is 11.4. The summed E-state index contributed by atoms with van der Waals surface area (Å²) >= 11 is 0. The van der Waals surface area contributed by atoms with E-state index >= 15 is 0 Å². The summed E-state index contributed by atoms with van der Waals surface area (Å²) in [5.41, 5.74) is 4.30. The van der Waals surface area contributed by atoms with E-state index in [1.165, 1.54) is 5.56 Å². The van der Waals surface area contributed by atoms with Gasteiger partial charge >= 0.3 is 5.63 Å². The fourth-order valence-corrected chi connectivity index (χ4v) is 4.28. The van der Waals surface area contributed by atoms with E-state index in [1.54, 1.807) is 13.2 Å². The van der Waals surface area contributed by atoms with Crippen molar-refractivity contribution in [2.45, 2.75) is 26.8 Å². The first-order valence-corrected chi connectivity index (χ1v) is 11.4. The number of hydrogen-bond acceptors (Lipinski definition) is 6. The summed E-state index contributed by atoms with van der Waals surface area (Å²) in [5.74, 6) is 0.607. The number of hydrogen-bond donors (Lipinski definition) is 1. The van der Waals surface area contributed by atoms with Crippen LogP contribution in [0, 0.1) is 6.92 Å².